The molecule has 20 heavy (non-hydrogen) atoms. The molecule has 0 spiro atoms. The van der Waals surface area contributed by atoms with Crippen LogP contribution in [0.5, 0.6) is 0 Å². The van der Waals surface area contributed by atoms with Gasteiger partial charge >= 0.3 is 0 Å². The van der Waals surface area contributed by atoms with Gasteiger partial charge in [0.25, 0.3) is 0 Å². The molecule has 2 aromatic carbocycles. The molecule has 1 N–H and O–H groups in total. The van der Waals surface area contributed by atoms with E-state index in [4.69, 9.17) is 0 Å². The number of carbonyl (C=O) groups excluding carboxylic acids is 1. The minimum atomic E-state index is -0.123. The predicted molar refractivity (Wildman–Crippen MR) is 87.0 cm³/mol. The molecule has 0 heterocycles. The summed E-state index contributed by atoms with van der Waals surface area (Å²) in [5.41, 5.74) is 3.44. The molecule has 0 aliphatic heterocycles. The number of carbonyl (C=O) groups is 1. The average Bonchev–Trinajstić information content (AvgIpc) is 2.48. The molecule has 1 amide bonds. The lowest BCUT2D eigenvalue weighted by molar-refractivity contribution is -0.118. The van der Waals surface area contributed by atoms with Gasteiger partial charge in [0.15, 0.2) is 0 Å². The van der Waals surface area contributed by atoms with Crippen molar-refractivity contribution >= 4 is 39.8 Å². The van der Waals surface area contributed by atoms with E-state index in [1.807, 2.05) is 54.6 Å². The van der Waals surface area contributed by atoms with Gasteiger partial charge in [-0.2, -0.15) is 5.10 Å². The van der Waals surface area contributed by atoms with Gasteiger partial charge in [-0.05, 0) is 18.2 Å². The average molecular weight is 349 g/mol. The lowest BCUT2D eigenvalue weighted by Gasteiger charge is -2.01. The smallest absolute Gasteiger partial charge is 0.250 e. The molecule has 2 aromatic rings. The van der Waals surface area contributed by atoms with Crippen LogP contribution in [0.3, 0.4) is 0 Å². The first-order valence-electron chi connectivity index (χ1n) is 6.00. The lowest BCUT2D eigenvalue weighted by Crippen LogP contribution is -2.19. The van der Waals surface area contributed by atoms with Crippen LogP contribution < -0.4 is 5.43 Å². The van der Waals surface area contributed by atoms with Crippen molar-refractivity contribution in [3.63, 3.8) is 0 Å². The first kappa shape index (κ1) is 14.8. The third-order valence-corrected chi connectivity index (χ3v) is 4.15. The van der Waals surface area contributed by atoms with E-state index in [2.05, 4.69) is 26.5 Å². The quantitative estimate of drug-likeness (QED) is 0.508. The van der Waals surface area contributed by atoms with Crippen LogP contribution >= 0.6 is 27.7 Å². The van der Waals surface area contributed by atoms with Crippen molar-refractivity contribution in [1.82, 2.24) is 5.43 Å². The molecular weight excluding hydrogens is 336 g/mol. The molecular formula is C15H13BrN2OS. The van der Waals surface area contributed by atoms with Crippen LogP contribution in [0.2, 0.25) is 0 Å². The Bertz CT molecular complexity index is 602. The first-order valence-corrected chi connectivity index (χ1v) is 7.78. The molecule has 0 saturated heterocycles. The third kappa shape index (κ3) is 4.83. The van der Waals surface area contributed by atoms with Gasteiger partial charge in [0.2, 0.25) is 5.91 Å². The van der Waals surface area contributed by atoms with Gasteiger partial charge < -0.3 is 0 Å². The largest absolute Gasteiger partial charge is 0.272 e. The molecule has 0 bridgehead atoms. The highest BCUT2D eigenvalue weighted by molar-refractivity contribution is 9.10. The fourth-order valence-electron chi connectivity index (χ4n) is 1.45. The maximum atomic E-state index is 11.6. The minimum Gasteiger partial charge on any atom is -0.272 e. The summed E-state index contributed by atoms with van der Waals surface area (Å²) in [5, 5.41) is 3.95. The van der Waals surface area contributed by atoms with E-state index in [1.54, 1.807) is 6.21 Å². The Hall–Kier alpha value is -1.59. The molecule has 0 saturated carbocycles. The second-order valence-corrected chi connectivity index (χ2v) is 5.82. The van der Waals surface area contributed by atoms with E-state index >= 15 is 0 Å². The van der Waals surface area contributed by atoms with Gasteiger partial charge in [-0.3, -0.25) is 4.79 Å². The van der Waals surface area contributed by atoms with Gasteiger partial charge in [0.1, 0.15) is 0 Å². The Morgan fingerprint density at radius 3 is 2.60 bits per heavy atom. The Balaban J connectivity index is 1.79. The Morgan fingerprint density at radius 2 is 1.85 bits per heavy atom. The minimum absolute atomic E-state index is 0.123. The molecule has 102 valence electrons. The Morgan fingerprint density at radius 1 is 1.15 bits per heavy atom. The number of hydrogen-bond acceptors (Lipinski definition) is 3. The fraction of sp³-hybridized carbons (Fsp3) is 0.0667. The van der Waals surface area contributed by atoms with E-state index in [1.165, 1.54) is 11.8 Å². The van der Waals surface area contributed by atoms with E-state index in [9.17, 15) is 4.79 Å². The zero-order valence-corrected chi connectivity index (χ0v) is 13.0. The number of nitrogens with one attached hydrogen (secondary N) is 1. The van der Waals surface area contributed by atoms with Crippen molar-refractivity contribution in [3.8, 4) is 0 Å². The van der Waals surface area contributed by atoms with Gasteiger partial charge in [0.05, 0.1) is 12.0 Å². The molecule has 0 unspecified atom stereocenters. The number of hydrogen-bond donors (Lipinski definition) is 1. The highest BCUT2D eigenvalue weighted by Crippen LogP contribution is 2.16. The second kappa shape index (κ2) is 7.87. The maximum absolute atomic E-state index is 11.6. The third-order valence-electron chi connectivity index (χ3n) is 2.41. The van der Waals surface area contributed by atoms with E-state index in [0.29, 0.717) is 5.75 Å². The van der Waals surface area contributed by atoms with Crippen molar-refractivity contribution in [1.29, 1.82) is 0 Å². The topological polar surface area (TPSA) is 41.5 Å². The van der Waals surface area contributed by atoms with Crippen molar-refractivity contribution in [2.45, 2.75) is 4.90 Å². The van der Waals surface area contributed by atoms with E-state index in [-0.39, 0.29) is 5.91 Å². The van der Waals surface area contributed by atoms with Crippen molar-refractivity contribution in [2.75, 3.05) is 5.75 Å². The van der Waals surface area contributed by atoms with Crippen LogP contribution in [0.4, 0.5) is 0 Å². The molecule has 0 aliphatic carbocycles. The number of amides is 1. The number of halogens is 1. The molecule has 2 rings (SSSR count). The molecule has 5 heteroatoms. The maximum Gasteiger partial charge on any atom is 0.250 e. The summed E-state index contributed by atoms with van der Waals surface area (Å²) < 4.78 is 0.941. The summed E-state index contributed by atoms with van der Waals surface area (Å²) in [6.45, 7) is 0. The van der Waals surface area contributed by atoms with Gasteiger partial charge in [-0.25, -0.2) is 5.43 Å². The molecule has 0 aliphatic rings. The van der Waals surface area contributed by atoms with Crippen molar-refractivity contribution in [2.24, 2.45) is 5.10 Å². The van der Waals surface area contributed by atoms with Crippen LogP contribution in [0.15, 0.2) is 69.1 Å². The summed E-state index contributed by atoms with van der Waals surface area (Å²) >= 11 is 4.90. The van der Waals surface area contributed by atoms with Gasteiger partial charge in [0, 0.05) is 14.9 Å². The van der Waals surface area contributed by atoms with Crippen LogP contribution in [0, 0.1) is 0 Å². The lowest BCUT2D eigenvalue weighted by atomic mass is 10.2. The summed E-state index contributed by atoms with van der Waals surface area (Å²) in [6, 6.07) is 17.5. The van der Waals surface area contributed by atoms with Gasteiger partial charge in [-0.1, -0.05) is 52.3 Å². The number of thioether (sulfide) groups is 1. The summed E-state index contributed by atoms with van der Waals surface area (Å²) in [4.78, 5) is 12.7. The molecule has 3 nitrogen and oxygen atoms in total. The normalized spacial score (nSPS) is 10.7. The highest BCUT2D eigenvalue weighted by Gasteiger charge is 2.01. The van der Waals surface area contributed by atoms with E-state index in [0.717, 1.165) is 14.9 Å². The standard InChI is InChI=1S/C15H13BrN2OS/c16-14-9-5-4-6-12(14)10-17-18-15(19)11-20-13-7-2-1-3-8-13/h1-10H,11H2,(H,18,19). The van der Waals surface area contributed by atoms with Crippen LogP contribution in [0.25, 0.3) is 0 Å². The number of hydrazone groups is 1. The molecule has 0 radical (unpaired) electrons. The monoisotopic (exact) mass is 348 g/mol. The van der Waals surface area contributed by atoms with Crippen molar-refractivity contribution in [3.05, 3.63) is 64.6 Å². The summed E-state index contributed by atoms with van der Waals surface area (Å²) in [6.07, 6.45) is 1.62. The van der Waals surface area contributed by atoms with Gasteiger partial charge in [-0.15, -0.1) is 11.8 Å². The number of nitrogens with zero attached hydrogens (tertiary/aromatic N) is 1. The Labute approximate surface area is 130 Å². The van der Waals surface area contributed by atoms with Crippen LogP contribution in [-0.4, -0.2) is 17.9 Å². The summed E-state index contributed by atoms with van der Waals surface area (Å²) in [5.74, 6) is 0.222. The Kier molecular flexibility index (Phi) is 5.83. The zero-order chi connectivity index (χ0) is 14.2. The first-order chi connectivity index (χ1) is 9.75. The SMILES string of the molecule is O=C(CSc1ccccc1)NN=Cc1ccccc1Br. The highest BCUT2D eigenvalue weighted by atomic mass is 79.9. The van der Waals surface area contributed by atoms with Crippen LogP contribution in [0.1, 0.15) is 5.56 Å². The predicted octanol–water partition coefficient (Wildman–Crippen LogP) is 3.69. The fourth-order valence-corrected chi connectivity index (χ4v) is 2.55. The zero-order valence-electron chi connectivity index (χ0n) is 10.6. The molecule has 0 aromatic heterocycles. The van der Waals surface area contributed by atoms with E-state index < -0.39 is 0 Å². The van der Waals surface area contributed by atoms with Crippen LogP contribution in [-0.2, 0) is 4.79 Å². The summed E-state index contributed by atoms with van der Waals surface area (Å²) in [7, 11) is 0. The number of benzene rings is 2. The number of rotatable bonds is 5. The molecule has 0 fully saturated rings. The second-order valence-electron chi connectivity index (χ2n) is 3.92. The molecule has 0 atom stereocenters. The van der Waals surface area contributed by atoms with Crippen molar-refractivity contribution < 1.29 is 4.79 Å².